The number of nitrogens with zero attached hydrogens (tertiary/aromatic N) is 1. The molecule has 0 saturated carbocycles. The largest absolute Gasteiger partial charge is 0.508 e. The molecule has 8 heteroatoms. The van der Waals surface area contributed by atoms with Crippen molar-refractivity contribution in [2.24, 2.45) is 0 Å². The van der Waals surface area contributed by atoms with Gasteiger partial charge in [-0.2, -0.15) is 0 Å². The highest BCUT2D eigenvalue weighted by atomic mass is 16.5. The van der Waals surface area contributed by atoms with Crippen LogP contribution in [0.3, 0.4) is 0 Å². The Bertz CT molecular complexity index is 1190. The zero-order valence-electron chi connectivity index (χ0n) is 15.2. The SMILES string of the molecule is C[C@H](C(=O)OCc1cc(=O)oc2cc(O)ccc12)N1C(=O)c2ccccc2C1=O. The lowest BCUT2D eigenvalue weighted by Crippen LogP contribution is -2.43. The lowest BCUT2D eigenvalue weighted by Gasteiger charge is -2.21. The predicted octanol–water partition coefficient (Wildman–Crippen LogP) is 2.23. The van der Waals surface area contributed by atoms with Gasteiger partial charge in [-0.15, -0.1) is 0 Å². The maximum absolute atomic E-state index is 12.5. The van der Waals surface area contributed by atoms with Gasteiger partial charge in [-0.25, -0.2) is 9.59 Å². The van der Waals surface area contributed by atoms with Crippen LogP contribution in [0.5, 0.6) is 5.75 Å². The minimum atomic E-state index is -1.14. The van der Waals surface area contributed by atoms with Crippen molar-refractivity contribution in [1.29, 1.82) is 0 Å². The molecule has 0 fully saturated rings. The van der Waals surface area contributed by atoms with Crippen molar-refractivity contribution < 1.29 is 28.6 Å². The number of carbonyl (C=O) groups excluding carboxylic acids is 3. The molecule has 4 rings (SSSR count). The highest BCUT2D eigenvalue weighted by Gasteiger charge is 2.41. The molecule has 0 radical (unpaired) electrons. The second-order valence-corrected chi connectivity index (χ2v) is 6.58. The van der Waals surface area contributed by atoms with Crippen LogP contribution in [0.2, 0.25) is 0 Å². The summed E-state index contributed by atoms with van der Waals surface area (Å²) in [6.07, 6.45) is 0. The molecule has 1 atom stereocenters. The third-order valence-electron chi connectivity index (χ3n) is 4.74. The van der Waals surface area contributed by atoms with E-state index < -0.39 is 29.5 Å². The highest BCUT2D eigenvalue weighted by molar-refractivity contribution is 6.22. The molecule has 0 bridgehead atoms. The first-order valence-electron chi connectivity index (χ1n) is 8.76. The van der Waals surface area contributed by atoms with Crippen LogP contribution in [0.4, 0.5) is 0 Å². The summed E-state index contributed by atoms with van der Waals surface area (Å²) in [7, 11) is 0. The van der Waals surface area contributed by atoms with Gasteiger partial charge in [0.25, 0.3) is 11.8 Å². The summed E-state index contributed by atoms with van der Waals surface area (Å²) in [5, 5.41) is 10.0. The van der Waals surface area contributed by atoms with Crippen LogP contribution in [0.1, 0.15) is 33.2 Å². The molecular formula is C21H15NO7. The molecule has 0 unspecified atom stereocenters. The zero-order valence-corrected chi connectivity index (χ0v) is 15.2. The first-order valence-corrected chi connectivity index (χ1v) is 8.76. The number of fused-ring (bicyclic) bond motifs is 2. The van der Waals surface area contributed by atoms with Gasteiger partial charge in [0.2, 0.25) is 0 Å². The number of imide groups is 1. The second kappa shape index (κ2) is 6.90. The van der Waals surface area contributed by atoms with Crippen LogP contribution >= 0.6 is 0 Å². The van der Waals surface area contributed by atoms with Crippen LogP contribution in [0, 0.1) is 0 Å². The first kappa shape index (κ1) is 18.4. The van der Waals surface area contributed by atoms with Crippen molar-refractivity contribution in [3.05, 3.63) is 75.6 Å². The minimum Gasteiger partial charge on any atom is -0.508 e. The minimum absolute atomic E-state index is 0.0750. The normalized spacial score (nSPS) is 14.2. The molecule has 2 amide bonds. The van der Waals surface area contributed by atoms with Crippen molar-refractivity contribution in [3.63, 3.8) is 0 Å². The van der Waals surface area contributed by atoms with Crippen LogP contribution in [0.15, 0.2) is 57.7 Å². The van der Waals surface area contributed by atoms with Crippen LogP contribution < -0.4 is 5.63 Å². The summed E-state index contributed by atoms with van der Waals surface area (Å²) < 4.78 is 10.3. The third kappa shape index (κ3) is 3.14. The molecule has 29 heavy (non-hydrogen) atoms. The fraction of sp³-hybridized carbons (Fsp3) is 0.143. The van der Waals surface area contributed by atoms with Crippen LogP contribution in [-0.4, -0.2) is 33.8 Å². The van der Waals surface area contributed by atoms with E-state index in [9.17, 15) is 24.3 Å². The van der Waals surface area contributed by atoms with Crippen molar-refractivity contribution in [1.82, 2.24) is 4.90 Å². The monoisotopic (exact) mass is 393 g/mol. The Morgan fingerprint density at radius 1 is 1.07 bits per heavy atom. The molecule has 0 saturated heterocycles. The number of hydrogen-bond acceptors (Lipinski definition) is 7. The van der Waals surface area contributed by atoms with Crippen molar-refractivity contribution in [2.45, 2.75) is 19.6 Å². The molecule has 146 valence electrons. The smallest absolute Gasteiger partial charge is 0.336 e. The predicted molar refractivity (Wildman–Crippen MR) is 100 cm³/mol. The lowest BCUT2D eigenvalue weighted by molar-refractivity contribution is -0.149. The number of esters is 1. The van der Waals surface area contributed by atoms with Gasteiger partial charge in [0.1, 0.15) is 24.0 Å². The van der Waals surface area contributed by atoms with Gasteiger partial charge < -0.3 is 14.3 Å². The molecule has 1 aliphatic rings. The Morgan fingerprint density at radius 2 is 1.72 bits per heavy atom. The molecule has 1 aliphatic heterocycles. The topological polar surface area (TPSA) is 114 Å². The van der Waals surface area contributed by atoms with Crippen molar-refractivity contribution >= 4 is 28.8 Å². The standard InChI is InChI=1S/C21H15NO7/c1-11(22-19(25)15-4-2-3-5-16(15)20(22)26)21(27)28-10-12-8-18(24)29-17-9-13(23)6-7-14(12)17/h2-9,11,23H,10H2,1H3/t11-/m1/s1. The van der Waals surface area contributed by atoms with Crippen molar-refractivity contribution in [2.75, 3.05) is 0 Å². The zero-order chi connectivity index (χ0) is 20.7. The molecule has 1 aromatic heterocycles. The Balaban J connectivity index is 1.54. The Labute approximate surface area is 163 Å². The number of phenolic OH excluding ortho intramolecular Hbond substituents is 1. The van der Waals surface area contributed by atoms with Gasteiger partial charge >= 0.3 is 11.6 Å². The maximum Gasteiger partial charge on any atom is 0.336 e. The third-order valence-corrected chi connectivity index (χ3v) is 4.74. The van der Waals surface area contributed by atoms with Crippen LogP contribution in [0.25, 0.3) is 11.0 Å². The summed E-state index contributed by atoms with van der Waals surface area (Å²) in [6, 6.07) is 10.6. The Morgan fingerprint density at radius 3 is 2.38 bits per heavy atom. The summed E-state index contributed by atoms with van der Waals surface area (Å²) in [4.78, 5) is 50.1. The summed E-state index contributed by atoms with van der Waals surface area (Å²) in [5.41, 5.74) is 0.339. The van der Waals surface area contributed by atoms with Gasteiger partial charge in [0, 0.05) is 23.1 Å². The Kier molecular flexibility index (Phi) is 4.38. The van der Waals surface area contributed by atoms with E-state index in [-0.39, 0.29) is 29.1 Å². The van der Waals surface area contributed by atoms with E-state index in [4.69, 9.17) is 9.15 Å². The number of benzene rings is 2. The summed E-state index contributed by atoms with van der Waals surface area (Å²) in [6.45, 7) is 1.14. The number of rotatable bonds is 4. The highest BCUT2D eigenvalue weighted by Crippen LogP contribution is 2.26. The van der Waals surface area contributed by atoms with E-state index in [2.05, 4.69) is 0 Å². The quantitative estimate of drug-likeness (QED) is 0.411. The molecule has 8 nitrogen and oxygen atoms in total. The summed E-state index contributed by atoms with van der Waals surface area (Å²) >= 11 is 0. The van der Waals surface area contributed by atoms with E-state index in [0.717, 1.165) is 4.90 Å². The second-order valence-electron chi connectivity index (χ2n) is 6.58. The van der Waals surface area contributed by atoms with Crippen molar-refractivity contribution in [3.8, 4) is 5.75 Å². The number of aromatic hydroxyl groups is 1. The van der Waals surface area contributed by atoms with Gasteiger partial charge in [-0.1, -0.05) is 12.1 Å². The first-order chi connectivity index (χ1) is 13.9. The van der Waals surface area contributed by atoms with Gasteiger partial charge in [-0.3, -0.25) is 14.5 Å². The number of carbonyl (C=O) groups is 3. The van der Waals surface area contributed by atoms with E-state index in [1.807, 2.05) is 0 Å². The number of ether oxygens (including phenoxy) is 1. The fourth-order valence-corrected chi connectivity index (χ4v) is 3.27. The van der Waals surface area contributed by atoms with Crippen LogP contribution in [-0.2, 0) is 16.1 Å². The number of hydrogen-bond donors (Lipinski definition) is 1. The number of amides is 2. The Hall–Kier alpha value is -3.94. The molecule has 1 N–H and O–H groups in total. The average Bonchev–Trinajstić information content (AvgIpc) is 2.95. The molecular weight excluding hydrogens is 378 g/mol. The molecule has 3 aromatic rings. The van der Waals surface area contributed by atoms with E-state index >= 15 is 0 Å². The maximum atomic E-state index is 12.5. The molecule has 0 spiro atoms. The van der Waals surface area contributed by atoms with Gasteiger partial charge in [0.05, 0.1) is 11.1 Å². The molecule has 0 aliphatic carbocycles. The lowest BCUT2D eigenvalue weighted by atomic mass is 10.1. The van der Waals surface area contributed by atoms with E-state index in [0.29, 0.717) is 10.9 Å². The molecule has 2 heterocycles. The fourth-order valence-electron chi connectivity index (χ4n) is 3.27. The number of phenols is 1. The summed E-state index contributed by atoms with van der Waals surface area (Å²) in [5.74, 6) is -1.98. The average molecular weight is 393 g/mol. The van der Waals surface area contributed by atoms with E-state index in [1.165, 1.54) is 43.3 Å². The van der Waals surface area contributed by atoms with Gasteiger partial charge in [-0.05, 0) is 31.2 Å². The molecule has 2 aromatic carbocycles. The van der Waals surface area contributed by atoms with E-state index in [1.54, 1.807) is 12.1 Å². The van der Waals surface area contributed by atoms with Gasteiger partial charge in [0.15, 0.2) is 0 Å².